The fourth-order valence-corrected chi connectivity index (χ4v) is 0. The molecule has 70 valence electrons. The van der Waals surface area contributed by atoms with Gasteiger partial charge in [0.15, 0.2) is 0 Å². The molecular formula is CH9ClN3O5P. The predicted molar refractivity (Wildman–Crippen MR) is 38.4 cm³/mol. The third kappa shape index (κ3) is 211. The molecule has 0 saturated heterocycles. The van der Waals surface area contributed by atoms with E-state index >= 15 is 0 Å². The Bertz CT molecular complexity index is 136. The van der Waals surface area contributed by atoms with Gasteiger partial charge in [-0.1, -0.05) is 0 Å². The smallest absolute Gasteiger partial charge is 0.351 e. The lowest BCUT2D eigenvalue weighted by molar-refractivity contribution is 0.249. The van der Waals surface area contributed by atoms with E-state index in [4.69, 9.17) is 19.2 Å². The second-order valence-corrected chi connectivity index (χ2v) is 2.05. The summed E-state index contributed by atoms with van der Waals surface area (Å²) >= 11 is 0. The number of hydrazine groups is 1. The molecule has 0 aromatic heterocycles. The highest BCUT2D eigenvalue weighted by Gasteiger charge is 2.00. The summed E-state index contributed by atoms with van der Waals surface area (Å²) in [4.78, 5) is 30.9. The van der Waals surface area contributed by atoms with Crippen molar-refractivity contribution in [1.29, 1.82) is 0 Å². The Morgan fingerprint density at radius 1 is 1.36 bits per heavy atom. The number of carbonyl (C=O) groups is 1. The summed E-state index contributed by atoms with van der Waals surface area (Å²) < 4.78 is 8.88. The van der Waals surface area contributed by atoms with E-state index in [0.29, 0.717) is 0 Å². The van der Waals surface area contributed by atoms with E-state index in [2.05, 4.69) is 11.6 Å². The first-order valence-corrected chi connectivity index (χ1v) is 3.38. The molecule has 11 heavy (non-hydrogen) atoms. The van der Waals surface area contributed by atoms with E-state index in [1.807, 2.05) is 0 Å². The van der Waals surface area contributed by atoms with Crippen LogP contribution in [0.5, 0.6) is 0 Å². The highest BCUT2D eigenvalue weighted by atomic mass is 35.5. The van der Waals surface area contributed by atoms with Crippen molar-refractivity contribution in [2.45, 2.75) is 0 Å². The topological polar surface area (TPSA) is 159 Å². The molecule has 2 amide bonds. The van der Waals surface area contributed by atoms with Gasteiger partial charge in [-0.25, -0.2) is 15.2 Å². The molecule has 0 heterocycles. The average molecular weight is 210 g/mol. The first-order chi connectivity index (χ1) is 4.27. The first-order valence-electron chi connectivity index (χ1n) is 1.81. The number of urea groups is 1. The molecule has 0 bridgehead atoms. The quantitative estimate of drug-likeness (QED) is 0.117. The van der Waals surface area contributed by atoms with Gasteiger partial charge < -0.3 is 20.4 Å². The summed E-state index contributed by atoms with van der Waals surface area (Å²) in [6, 6.07) is -0.718. The lowest BCUT2D eigenvalue weighted by Gasteiger charge is -1.82. The molecule has 0 radical (unpaired) electrons. The van der Waals surface area contributed by atoms with Gasteiger partial charge in [-0.15, -0.1) is 12.4 Å². The largest absolute Gasteiger partial charge is 0.466 e. The molecule has 8 nitrogen and oxygen atoms in total. The van der Waals surface area contributed by atoms with E-state index in [9.17, 15) is 4.79 Å². The number of carbonyl (C=O) groups excluding carboxylic acids is 1. The standard InChI is InChI=1S/CH5N3O.ClH.H3O4P/c2-1(5)4-3;;1-5(2,3)4/h3H2,(H3,2,4,5);1H;(H3,1,2,3,4). The number of hydrogen-bond donors (Lipinski definition) is 6. The maximum absolute atomic E-state index is 9.35. The summed E-state index contributed by atoms with van der Waals surface area (Å²) in [5.74, 6) is 4.45. The normalized spacial score (nSPS) is 8.36. The monoisotopic (exact) mass is 209 g/mol. The molecule has 0 aliphatic carbocycles. The fraction of sp³-hybridized carbons (Fsp3) is 0. The van der Waals surface area contributed by atoms with E-state index in [0.717, 1.165) is 0 Å². The summed E-state index contributed by atoms with van der Waals surface area (Å²) in [5, 5.41) is 0. The average Bonchev–Trinajstić information content (AvgIpc) is 1.61. The zero-order valence-corrected chi connectivity index (χ0v) is 6.88. The van der Waals surface area contributed by atoms with E-state index in [1.165, 1.54) is 0 Å². The van der Waals surface area contributed by atoms with Crippen LogP contribution in [-0.2, 0) is 4.57 Å². The Hall–Kier alpha value is -0.370. The van der Waals surface area contributed by atoms with Crippen LogP contribution in [0.15, 0.2) is 0 Å². The number of hydrogen-bond acceptors (Lipinski definition) is 3. The van der Waals surface area contributed by atoms with Crippen LogP contribution in [0.4, 0.5) is 4.79 Å². The van der Waals surface area contributed by atoms with E-state index in [1.54, 1.807) is 5.43 Å². The second kappa shape index (κ2) is 7.73. The molecule has 0 saturated carbocycles. The minimum absolute atomic E-state index is 0. The molecule has 0 aromatic rings. The van der Waals surface area contributed by atoms with Gasteiger partial charge in [0.1, 0.15) is 0 Å². The van der Waals surface area contributed by atoms with Gasteiger partial charge in [-0.05, 0) is 0 Å². The van der Waals surface area contributed by atoms with Crippen molar-refractivity contribution in [2.24, 2.45) is 11.6 Å². The van der Waals surface area contributed by atoms with Crippen LogP contribution in [0.3, 0.4) is 0 Å². The molecule has 0 fully saturated rings. The highest BCUT2D eigenvalue weighted by molar-refractivity contribution is 7.45. The maximum Gasteiger partial charge on any atom is 0.466 e. The highest BCUT2D eigenvalue weighted by Crippen LogP contribution is 2.25. The van der Waals surface area contributed by atoms with Crippen molar-refractivity contribution in [3.8, 4) is 0 Å². The molecule has 10 heteroatoms. The molecule has 8 N–H and O–H groups in total. The number of primary amides is 1. The van der Waals surface area contributed by atoms with Crippen molar-refractivity contribution in [1.82, 2.24) is 5.43 Å². The lowest BCUT2D eigenvalue weighted by Crippen LogP contribution is -2.34. The van der Waals surface area contributed by atoms with Crippen LogP contribution in [0.1, 0.15) is 0 Å². The first kappa shape index (κ1) is 16.9. The summed E-state index contributed by atoms with van der Waals surface area (Å²) in [6.07, 6.45) is 0. The van der Waals surface area contributed by atoms with Crippen LogP contribution in [0.2, 0.25) is 0 Å². The van der Waals surface area contributed by atoms with Crippen LogP contribution < -0.4 is 17.0 Å². The summed E-state index contributed by atoms with van der Waals surface area (Å²) in [6.45, 7) is 0. The van der Waals surface area contributed by atoms with Gasteiger partial charge in [0, 0.05) is 0 Å². The minimum atomic E-state index is -4.64. The molecule has 0 rings (SSSR count). The van der Waals surface area contributed by atoms with Crippen molar-refractivity contribution >= 4 is 26.3 Å². The molecule has 0 aliphatic heterocycles. The minimum Gasteiger partial charge on any atom is -0.351 e. The van der Waals surface area contributed by atoms with Crippen molar-refractivity contribution in [3.63, 3.8) is 0 Å². The molecule has 0 aromatic carbocycles. The number of nitrogens with two attached hydrogens (primary N) is 2. The third-order valence-electron chi connectivity index (χ3n) is 0.142. The maximum atomic E-state index is 9.35. The Kier molecular flexibility index (Phi) is 11.9. The third-order valence-corrected chi connectivity index (χ3v) is 0.142. The number of nitrogens with one attached hydrogen (secondary N) is 1. The second-order valence-electron chi connectivity index (χ2n) is 1.02. The number of amides is 2. The van der Waals surface area contributed by atoms with E-state index < -0.39 is 13.9 Å². The Morgan fingerprint density at radius 3 is 1.45 bits per heavy atom. The number of halogens is 1. The summed E-state index contributed by atoms with van der Waals surface area (Å²) in [5.41, 5.74) is 6.08. The number of phosphoric acid groups is 1. The van der Waals surface area contributed by atoms with Crippen LogP contribution in [0, 0.1) is 0 Å². The zero-order valence-electron chi connectivity index (χ0n) is 5.17. The van der Waals surface area contributed by atoms with Gasteiger partial charge >= 0.3 is 13.9 Å². The van der Waals surface area contributed by atoms with Crippen LogP contribution in [-0.4, -0.2) is 20.7 Å². The van der Waals surface area contributed by atoms with Gasteiger partial charge in [0.2, 0.25) is 0 Å². The van der Waals surface area contributed by atoms with Crippen molar-refractivity contribution in [3.05, 3.63) is 0 Å². The van der Waals surface area contributed by atoms with E-state index in [-0.39, 0.29) is 12.4 Å². The fourth-order valence-electron chi connectivity index (χ4n) is 0. The molecule has 0 unspecified atom stereocenters. The lowest BCUT2D eigenvalue weighted by atomic mass is 11.2. The van der Waals surface area contributed by atoms with Gasteiger partial charge in [-0.3, -0.25) is 5.43 Å². The number of rotatable bonds is 0. The Labute approximate surface area is 68.2 Å². The van der Waals surface area contributed by atoms with Gasteiger partial charge in [0.05, 0.1) is 0 Å². The van der Waals surface area contributed by atoms with Crippen molar-refractivity contribution < 1.29 is 24.0 Å². The molecule has 0 atom stereocenters. The summed E-state index contributed by atoms with van der Waals surface area (Å²) in [7, 11) is -4.64. The molecule has 0 aliphatic rings. The SMILES string of the molecule is Cl.NNC(N)=O.O=P(O)(O)O. The van der Waals surface area contributed by atoms with Crippen LogP contribution in [0.25, 0.3) is 0 Å². The molecule has 0 spiro atoms. The zero-order chi connectivity index (χ0) is 8.78. The van der Waals surface area contributed by atoms with Gasteiger partial charge in [0.25, 0.3) is 0 Å². The Balaban J connectivity index is -0.000000107. The predicted octanol–water partition coefficient (Wildman–Crippen LogP) is -1.98. The molecular weight excluding hydrogens is 200 g/mol. The van der Waals surface area contributed by atoms with Crippen molar-refractivity contribution in [2.75, 3.05) is 0 Å². The van der Waals surface area contributed by atoms with Crippen LogP contribution >= 0.6 is 20.2 Å². The Morgan fingerprint density at radius 2 is 1.45 bits per heavy atom. The van der Waals surface area contributed by atoms with Gasteiger partial charge in [-0.2, -0.15) is 0 Å².